The molecule has 3 aromatic rings. The predicted molar refractivity (Wildman–Crippen MR) is 96.6 cm³/mol. The summed E-state index contributed by atoms with van der Waals surface area (Å²) in [6.45, 7) is 1.88. The van der Waals surface area contributed by atoms with Crippen molar-refractivity contribution >= 4 is 51.0 Å². The van der Waals surface area contributed by atoms with Crippen molar-refractivity contribution in [3.05, 3.63) is 41.1 Å². The van der Waals surface area contributed by atoms with Crippen molar-refractivity contribution < 1.29 is 18.8 Å². The van der Waals surface area contributed by atoms with Crippen LogP contribution in [0.5, 0.6) is 0 Å². The molecule has 0 atom stereocenters. The number of anilines is 1. The van der Waals surface area contributed by atoms with E-state index in [1.54, 1.807) is 13.0 Å². The third-order valence-electron chi connectivity index (χ3n) is 3.04. The Labute approximate surface area is 151 Å². The lowest BCUT2D eigenvalue weighted by atomic mass is 10.3. The normalized spacial score (nSPS) is 10.8. The number of ether oxygens (including phenoxy) is 1. The van der Waals surface area contributed by atoms with Gasteiger partial charge in [0.25, 0.3) is 0 Å². The van der Waals surface area contributed by atoms with Gasteiger partial charge in [-0.25, -0.2) is 4.98 Å². The van der Waals surface area contributed by atoms with Crippen LogP contribution in [0.25, 0.3) is 10.2 Å². The first-order valence-electron chi connectivity index (χ1n) is 7.41. The molecule has 2 heterocycles. The molecule has 0 aliphatic heterocycles. The Bertz CT molecular complexity index is 857. The number of aromatic nitrogens is 2. The number of amides is 1. The van der Waals surface area contributed by atoms with Gasteiger partial charge in [0.1, 0.15) is 17.4 Å². The quantitative estimate of drug-likeness (QED) is 0.633. The maximum atomic E-state index is 11.7. The fourth-order valence-corrected chi connectivity index (χ4v) is 3.49. The molecule has 2 aromatic heterocycles. The maximum absolute atomic E-state index is 11.7. The van der Waals surface area contributed by atoms with Crippen molar-refractivity contribution in [1.29, 1.82) is 0 Å². The molecule has 0 radical (unpaired) electrons. The molecule has 9 heteroatoms. The average molecular weight is 377 g/mol. The highest BCUT2D eigenvalue weighted by Gasteiger charge is 2.10. The zero-order valence-electron chi connectivity index (χ0n) is 13.4. The van der Waals surface area contributed by atoms with E-state index in [4.69, 9.17) is 9.26 Å². The number of para-hydroxylation sites is 1. The van der Waals surface area contributed by atoms with Gasteiger partial charge in [-0.15, -0.1) is 23.1 Å². The summed E-state index contributed by atoms with van der Waals surface area (Å²) in [5.74, 6) is 0.563. The highest BCUT2D eigenvalue weighted by molar-refractivity contribution is 8.00. The lowest BCUT2D eigenvalue weighted by Gasteiger charge is -2.03. The van der Waals surface area contributed by atoms with E-state index in [-0.39, 0.29) is 30.0 Å². The molecule has 1 amide bonds. The number of hydrogen-bond donors (Lipinski definition) is 1. The second kappa shape index (κ2) is 8.13. The van der Waals surface area contributed by atoms with Gasteiger partial charge < -0.3 is 14.6 Å². The Morgan fingerprint density at radius 2 is 2.16 bits per heavy atom. The number of aryl methyl sites for hydroxylation is 1. The molecule has 0 saturated heterocycles. The van der Waals surface area contributed by atoms with E-state index < -0.39 is 0 Å². The summed E-state index contributed by atoms with van der Waals surface area (Å²) in [7, 11) is 0. The summed E-state index contributed by atoms with van der Waals surface area (Å²) in [4.78, 5) is 27.9. The Morgan fingerprint density at radius 3 is 2.92 bits per heavy atom. The van der Waals surface area contributed by atoms with Gasteiger partial charge in [0.05, 0.1) is 21.7 Å². The first kappa shape index (κ1) is 17.4. The zero-order valence-corrected chi connectivity index (χ0v) is 15.0. The van der Waals surface area contributed by atoms with Crippen molar-refractivity contribution in [2.24, 2.45) is 0 Å². The summed E-state index contributed by atoms with van der Waals surface area (Å²) < 4.78 is 11.1. The first-order valence-corrected chi connectivity index (χ1v) is 9.38. The van der Waals surface area contributed by atoms with Crippen LogP contribution in [0.1, 0.15) is 10.8 Å². The number of carbonyl (C=O) groups excluding carboxylic acids is 2. The number of fused-ring (bicyclic) bond motifs is 1. The van der Waals surface area contributed by atoms with Crippen LogP contribution in [0, 0.1) is 6.92 Å². The number of rotatable bonds is 7. The van der Waals surface area contributed by atoms with E-state index >= 15 is 0 Å². The highest BCUT2D eigenvalue weighted by atomic mass is 32.2. The number of esters is 1. The number of nitrogens with zero attached hydrogens (tertiary/aromatic N) is 2. The summed E-state index contributed by atoms with van der Waals surface area (Å²) >= 11 is 2.67. The van der Waals surface area contributed by atoms with Crippen molar-refractivity contribution in [3.8, 4) is 0 Å². The van der Waals surface area contributed by atoms with Gasteiger partial charge in [-0.05, 0) is 19.1 Å². The van der Waals surface area contributed by atoms with Gasteiger partial charge in [0.15, 0.2) is 5.82 Å². The molecule has 0 saturated carbocycles. The Balaban J connectivity index is 1.37. The van der Waals surface area contributed by atoms with Crippen LogP contribution in [0.15, 0.2) is 34.9 Å². The van der Waals surface area contributed by atoms with Crippen molar-refractivity contribution in [3.63, 3.8) is 0 Å². The number of nitrogens with one attached hydrogen (secondary N) is 1. The Hall–Kier alpha value is -2.39. The molecule has 3 rings (SSSR count). The number of hydrogen-bond acceptors (Lipinski definition) is 8. The van der Waals surface area contributed by atoms with Crippen LogP contribution < -0.4 is 5.32 Å². The molecule has 1 aromatic carbocycles. The minimum Gasteiger partial charge on any atom is -0.458 e. The van der Waals surface area contributed by atoms with Crippen LogP contribution in [0.4, 0.5) is 5.82 Å². The average Bonchev–Trinajstić information content (AvgIpc) is 3.18. The van der Waals surface area contributed by atoms with E-state index in [1.807, 2.05) is 24.3 Å². The van der Waals surface area contributed by atoms with E-state index in [9.17, 15) is 9.59 Å². The zero-order chi connectivity index (χ0) is 17.6. The summed E-state index contributed by atoms with van der Waals surface area (Å²) in [5.41, 5.74) is 0.896. The Kier molecular flexibility index (Phi) is 5.67. The van der Waals surface area contributed by atoms with Crippen LogP contribution in [-0.4, -0.2) is 33.5 Å². The minimum atomic E-state index is -0.380. The monoisotopic (exact) mass is 377 g/mol. The van der Waals surface area contributed by atoms with Gasteiger partial charge in [0.2, 0.25) is 5.91 Å². The lowest BCUT2D eigenvalue weighted by Crippen LogP contribution is -2.16. The van der Waals surface area contributed by atoms with Crippen LogP contribution >= 0.6 is 23.1 Å². The van der Waals surface area contributed by atoms with Gasteiger partial charge in [0, 0.05) is 6.07 Å². The largest absolute Gasteiger partial charge is 0.458 e. The van der Waals surface area contributed by atoms with Crippen molar-refractivity contribution in [2.45, 2.75) is 13.5 Å². The van der Waals surface area contributed by atoms with Crippen molar-refractivity contribution in [2.75, 3.05) is 16.8 Å². The molecule has 1 N–H and O–H groups in total. The minimum absolute atomic E-state index is 0.0934. The van der Waals surface area contributed by atoms with Gasteiger partial charge in [-0.1, -0.05) is 17.3 Å². The summed E-state index contributed by atoms with van der Waals surface area (Å²) in [6.07, 6.45) is 0. The molecule has 0 fully saturated rings. The molecular weight excluding hydrogens is 362 g/mol. The number of benzene rings is 1. The fourth-order valence-electron chi connectivity index (χ4n) is 2.00. The van der Waals surface area contributed by atoms with Crippen LogP contribution in [0.2, 0.25) is 0 Å². The van der Waals surface area contributed by atoms with E-state index in [0.29, 0.717) is 11.6 Å². The molecular formula is C16H15N3O4S2. The lowest BCUT2D eigenvalue weighted by molar-refractivity contribution is -0.141. The maximum Gasteiger partial charge on any atom is 0.316 e. The topological polar surface area (TPSA) is 94.3 Å². The molecule has 0 spiro atoms. The van der Waals surface area contributed by atoms with E-state index in [0.717, 1.165) is 15.2 Å². The third-order valence-corrected chi connectivity index (χ3v) is 4.96. The molecule has 0 aliphatic carbocycles. The second-order valence-corrected chi connectivity index (χ2v) is 7.20. The Morgan fingerprint density at radius 1 is 1.32 bits per heavy atom. The van der Waals surface area contributed by atoms with Gasteiger partial charge in [-0.2, -0.15) is 0 Å². The summed E-state index contributed by atoms with van der Waals surface area (Å²) in [5, 5.41) is 7.00. The molecule has 7 nitrogen and oxygen atoms in total. The summed E-state index contributed by atoms with van der Waals surface area (Å²) in [6, 6.07) is 9.37. The number of thioether (sulfide) groups is 1. The van der Waals surface area contributed by atoms with Gasteiger partial charge >= 0.3 is 5.97 Å². The van der Waals surface area contributed by atoms with Crippen LogP contribution in [-0.2, 0) is 20.9 Å². The molecule has 130 valence electrons. The molecule has 25 heavy (non-hydrogen) atoms. The van der Waals surface area contributed by atoms with Crippen LogP contribution in [0.3, 0.4) is 0 Å². The smallest absolute Gasteiger partial charge is 0.316 e. The molecule has 0 unspecified atom stereocenters. The fraction of sp³-hybridized carbons (Fsp3) is 0.250. The second-order valence-electron chi connectivity index (χ2n) is 5.10. The number of thiazole rings is 1. The van der Waals surface area contributed by atoms with E-state index in [2.05, 4.69) is 15.5 Å². The number of carbonyl (C=O) groups is 2. The van der Waals surface area contributed by atoms with Gasteiger partial charge in [-0.3, -0.25) is 9.59 Å². The SMILES string of the molecule is Cc1cc(NC(=O)CSCC(=O)OCc2nc3ccccc3s2)no1. The van der Waals surface area contributed by atoms with E-state index in [1.165, 1.54) is 23.1 Å². The first-order chi connectivity index (χ1) is 12.1. The predicted octanol–water partition coefficient (Wildman–Crippen LogP) is 3.01. The molecule has 0 aliphatic rings. The molecule has 0 bridgehead atoms. The van der Waals surface area contributed by atoms with Crippen molar-refractivity contribution in [1.82, 2.24) is 10.1 Å². The highest BCUT2D eigenvalue weighted by Crippen LogP contribution is 2.22. The third kappa shape index (κ3) is 5.04. The standard InChI is InChI=1S/C16H15N3O4S2/c1-10-6-13(19-23-10)18-14(20)8-24-9-16(21)22-7-15-17-11-4-2-3-5-12(11)25-15/h2-6H,7-9H2,1H3,(H,18,19,20).